The van der Waals surface area contributed by atoms with Gasteiger partial charge in [0.25, 0.3) is 0 Å². The van der Waals surface area contributed by atoms with Gasteiger partial charge in [0.15, 0.2) is 11.5 Å². The zero-order valence-corrected chi connectivity index (χ0v) is 11.6. The standard InChI is InChI=1S/C14H18N2O3/c1-5-12-16-10-8-9(6-7-11(10)18-12)15-13(17)19-14(2,3)4/h6-8H,5H2,1-4H3,(H,15,17). The highest BCUT2D eigenvalue weighted by Crippen LogP contribution is 2.20. The molecule has 2 aromatic rings. The molecule has 1 N–H and O–H groups in total. The van der Waals surface area contributed by atoms with Crippen LogP contribution >= 0.6 is 0 Å². The zero-order chi connectivity index (χ0) is 14.0. The predicted molar refractivity (Wildman–Crippen MR) is 73.2 cm³/mol. The van der Waals surface area contributed by atoms with Crippen molar-refractivity contribution in [3.63, 3.8) is 0 Å². The summed E-state index contributed by atoms with van der Waals surface area (Å²) in [5, 5.41) is 2.68. The second-order valence-corrected chi connectivity index (χ2v) is 5.27. The number of hydrogen-bond donors (Lipinski definition) is 1. The average Bonchev–Trinajstić information content (AvgIpc) is 2.68. The fourth-order valence-electron chi connectivity index (χ4n) is 1.63. The molecule has 1 heterocycles. The van der Waals surface area contributed by atoms with Crippen molar-refractivity contribution in [2.75, 3.05) is 5.32 Å². The summed E-state index contributed by atoms with van der Waals surface area (Å²) in [7, 11) is 0. The number of rotatable bonds is 2. The number of ether oxygens (including phenoxy) is 1. The van der Waals surface area contributed by atoms with Crippen molar-refractivity contribution < 1.29 is 13.9 Å². The van der Waals surface area contributed by atoms with Gasteiger partial charge in [-0.25, -0.2) is 9.78 Å². The molecular weight excluding hydrogens is 244 g/mol. The number of aromatic nitrogens is 1. The Bertz CT molecular complexity index is 596. The number of nitrogens with one attached hydrogen (secondary N) is 1. The summed E-state index contributed by atoms with van der Waals surface area (Å²) in [4.78, 5) is 16.0. The number of anilines is 1. The van der Waals surface area contributed by atoms with Gasteiger partial charge in [-0.3, -0.25) is 5.32 Å². The SMILES string of the molecule is CCc1nc2cc(NC(=O)OC(C)(C)C)ccc2o1. The lowest BCUT2D eigenvalue weighted by Crippen LogP contribution is -2.27. The Kier molecular flexibility index (Phi) is 3.46. The molecule has 1 aromatic carbocycles. The van der Waals surface area contributed by atoms with E-state index in [0.29, 0.717) is 17.2 Å². The summed E-state index contributed by atoms with van der Waals surface area (Å²) in [6, 6.07) is 5.31. The summed E-state index contributed by atoms with van der Waals surface area (Å²) in [5.41, 5.74) is 1.56. The average molecular weight is 262 g/mol. The lowest BCUT2D eigenvalue weighted by molar-refractivity contribution is 0.0636. The van der Waals surface area contributed by atoms with Crippen LogP contribution in [0, 0.1) is 0 Å². The monoisotopic (exact) mass is 262 g/mol. The van der Waals surface area contributed by atoms with Gasteiger partial charge in [-0.1, -0.05) is 6.92 Å². The van der Waals surface area contributed by atoms with Crippen LogP contribution in [0.25, 0.3) is 11.1 Å². The molecule has 0 spiro atoms. The molecule has 0 fully saturated rings. The predicted octanol–water partition coefficient (Wildman–Crippen LogP) is 3.74. The van der Waals surface area contributed by atoms with E-state index in [-0.39, 0.29) is 0 Å². The van der Waals surface area contributed by atoms with Crippen LogP contribution in [0.1, 0.15) is 33.6 Å². The number of fused-ring (bicyclic) bond motifs is 1. The maximum absolute atomic E-state index is 11.6. The van der Waals surface area contributed by atoms with Crippen molar-refractivity contribution in [1.82, 2.24) is 4.98 Å². The molecule has 5 heteroatoms. The Morgan fingerprint density at radius 1 is 1.42 bits per heavy atom. The third-order valence-electron chi connectivity index (χ3n) is 2.38. The maximum atomic E-state index is 11.6. The Morgan fingerprint density at radius 3 is 2.79 bits per heavy atom. The van der Waals surface area contributed by atoms with E-state index in [1.54, 1.807) is 18.2 Å². The number of amides is 1. The van der Waals surface area contributed by atoms with Gasteiger partial charge in [0.1, 0.15) is 11.1 Å². The van der Waals surface area contributed by atoms with Gasteiger partial charge in [-0.05, 0) is 39.0 Å². The third kappa shape index (κ3) is 3.47. The number of nitrogens with zero attached hydrogens (tertiary/aromatic N) is 1. The van der Waals surface area contributed by atoms with Crippen LogP contribution in [-0.2, 0) is 11.2 Å². The van der Waals surface area contributed by atoms with Crippen LogP contribution in [0.2, 0.25) is 0 Å². The van der Waals surface area contributed by atoms with E-state index in [4.69, 9.17) is 9.15 Å². The fraction of sp³-hybridized carbons (Fsp3) is 0.429. The normalized spacial score (nSPS) is 11.6. The first kappa shape index (κ1) is 13.4. The number of benzene rings is 1. The van der Waals surface area contributed by atoms with Crippen LogP contribution in [0.5, 0.6) is 0 Å². The fourth-order valence-corrected chi connectivity index (χ4v) is 1.63. The van der Waals surface area contributed by atoms with E-state index >= 15 is 0 Å². The van der Waals surface area contributed by atoms with E-state index in [0.717, 1.165) is 11.9 Å². The van der Waals surface area contributed by atoms with Crippen LogP contribution in [-0.4, -0.2) is 16.7 Å². The second kappa shape index (κ2) is 4.91. The van der Waals surface area contributed by atoms with E-state index in [2.05, 4.69) is 10.3 Å². The van der Waals surface area contributed by atoms with Crippen molar-refractivity contribution >= 4 is 22.9 Å². The summed E-state index contributed by atoms with van der Waals surface area (Å²) in [6.45, 7) is 7.44. The van der Waals surface area contributed by atoms with E-state index in [9.17, 15) is 4.79 Å². The molecule has 0 aliphatic heterocycles. The lowest BCUT2D eigenvalue weighted by atomic mass is 10.2. The minimum absolute atomic E-state index is 0.481. The Labute approximate surface area is 112 Å². The first-order valence-electron chi connectivity index (χ1n) is 6.27. The smallest absolute Gasteiger partial charge is 0.412 e. The highest BCUT2D eigenvalue weighted by Gasteiger charge is 2.16. The maximum Gasteiger partial charge on any atom is 0.412 e. The Morgan fingerprint density at radius 2 is 2.16 bits per heavy atom. The third-order valence-corrected chi connectivity index (χ3v) is 2.38. The highest BCUT2D eigenvalue weighted by atomic mass is 16.6. The molecule has 0 aliphatic rings. The van der Waals surface area contributed by atoms with Gasteiger partial charge < -0.3 is 9.15 Å². The van der Waals surface area contributed by atoms with Gasteiger partial charge in [0.05, 0.1) is 0 Å². The summed E-state index contributed by atoms with van der Waals surface area (Å²) in [5.74, 6) is 0.685. The number of carbonyl (C=O) groups excluding carboxylic acids is 1. The number of carbonyl (C=O) groups is 1. The molecule has 19 heavy (non-hydrogen) atoms. The van der Waals surface area contributed by atoms with Gasteiger partial charge in [-0.15, -0.1) is 0 Å². The number of oxazole rings is 1. The topological polar surface area (TPSA) is 64.4 Å². The molecule has 1 aromatic heterocycles. The molecule has 0 aliphatic carbocycles. The van der Waals surface area contributed by atoms with Crippen molar-refractivity contribution in [2.45, 2.75) is 39.7 Å². The van der Waals surface area contributed by atoms with E-state index < -0.39 is 11.7 Å². The highest BCUT2D eigenvalue weighted by molar-refractivity contribution is 5.88. The summed E-state index contributed by atoms with van der Waals surface area (Å²) < 4.78 is 10.7. The first-order valence-corrected chi connectivity index (χ1v) is 6.27. The van der Waals surface area contributed by atoms with Crippen LogP contribution in [0.4, 0.5) is 10.5 Å². The van der Waals surface area contributed by atoms with Crippen LogP contribution in [0.15, 0.2) is 22.6 Å². The van der Waals surface area contributed by atoms with Gasteiger partial charge >= 0.3 is 6.09 Å². The molecule has 1 amide bonds. The second-order valence-electron chi connectivity index (χ2n) is 5.27. The molecular formula is C14H18N2O3. The zero-order valence-electron chi connectivity index (χ0n) is 11.6. The minimum Gasteiger partial charge on any atom is -0.444 e. The van der Waals surface area contributed by atoms with Crippen molar-refractivity contribution in [3.8, 4) is 0 Å². The van der Waals surface area contributed by atoms with Crippen LogP contribution in [0.3, 0.4) is 0 Å². The number of hydrogen-bond acceptors (Lipinski definition) is 4. The van der Waals surface area contributed by atoms with E-state index in [1.807, 2.05) is 27.7 Å². The van der Waals surface area contributed by atoms with E-state index in [1.165, 1.54) is 0 Å². The molecule has 0 bridgehead atoms. The largest absolute Gasteiger partial charge is 0.444 e. The minimum atomic E-state index is -0.516. The lowest BCUT2D eigenvalue weighted by Gasteiger charge is -2.19. The van der Waals surface area contributed by atoms with Crippen molar-refractivity contribution in [3.05, 3.63) is 24.1 Å². The van der Waals surface area contributed by atoms with Gasteiger partial charge in [0.2, 0.25) is 0 Å². The van der Waals surface area contributed by atoms with Gasteiger partial charge in [0, 0.05) is 12.1 Å². The molecule has 0 atom stereocenters. The van der Waals surface area contributed by atoms with Crippen LogP contribution < -0.4 is 5.32 Å². The van der Waals surface area contributed by atoms with Crippen molar-refractivity contribution in [2.24, 2.45) is 0 Å². The molecule has 0 saturated carbocycles. The molecule has 0 unspecified atom stereocenters. The summed E-state index contributed by atoms with van der Waals surface area (Å²) >= 11 is 0. The van der Waals surface area contributed by atoms with Crippen molar-refractivity contribution in [1.29, 1.82) is 0 Å². The molecule has 0 saturated heterocycles. The molecule has 5 nitrogen and oxygen atoms in total. The summed E-state index contributed by atoms with van der Waals surface area (Å²) in [6.07, 6.45) is 0.259. The quantitative estimate of drug-likeness (QED) is 0.895. The Balaban J connectivity index is 2.15. The molecule has 0 radical (unpaired) electrons. The van der Waals surface area contributed by atoms with Gasteiger partial charge in [-0.2, -0.15) is 0 Å². The molecule has 102 valence electrons. The Hall–Kier alpha value is -2.04. The first-order chi connectivity index (χ1) is 8.87. The molecule has 2 rings (SSSR count). The number of aryl methyl sites for hydroxylation is 1.